The predicted octanol–water partition coefficient (Wildman–Crippen LogP) is 3.20. The van der Waals surface area contributed by atoms with Crippen LogP contribution in [0.2, 0.25) is 0 Å². The summed E-state index contributed by atoms with van der Waals surface area (Å²) in [5.74, 6) is 0.596. The fourth-order valence-corrected chi connectivity index (χ4v) is 1.56. The van der Waals surface area contributed by atoms with Crippen molar-refractivity contribution in [2.45, 2.75) is 26.9 Å². The zero-order chi connectivity index (χ0) is 13.5. The Bertz CT molecular complexity index is 405. The van der Waals surface area contributed by atoms with Crippen LogP contribution in [0.25, 0.3) is 0 Å². The first-order valence-corrected chi connectivity index (χ1v) is 6.07. The Hall–Kier alpha value is -1.62. The Morgan fingerprint density at radius 2 is 2.17 bits per heavy atom. The summed E-state index contributed by atoms with van der Waals surface area (Å²) in [4.78, 5) is 10.3. The van der Waals surface area contributed by atoms with Gasteiger partial charge in [-0.25, -0.2) is 0 Å². The second-order valence-corrected chi connectivity index (χ2v) is 4.58. The molecule has 0 radical (unpaired) electrons. The first-order chi connectivity index (χ1) is 8.54. The minimum Gasteiger partial charge on any atom is -0.388 e. The lowest BCUT2D eigenvalue weighted by Gasteiger charge is -2.10. The number of anilines is 1. The van der Waals surface area contributed by atoms with Gasteiger partial charge in [0, 0.05) is 37.0 Å². The third-order valence-corrected chi connectivity index (χ3v) is 2.67. The molecule has 0 aromatic heterocycles. The third kappa shape index (κ3) is 4.33. The standard InChI is InChI=1S/C13H20N2O3/c1-10(2)6-7-18-9-11-8-12(15(16)17)4-5-13(11)14-3/h4-5,8,10,14H,6-7,9H2,1-3H3. The first-order valence-electron chi connectivity index (χ1n) is 6.07. The van der Waals surface area contributed by atoms with Gasteiger partial charge in [-0.2, -0.15) is 0 Å². The molecule has 0 fully saturated rings. The third-order valence-electron chi connectivity index (χ3n) is 2.67. The molecule has 0 heterocycles. The van der Waals surface area contributed by atoms with E-state index in [9.17, 15) is 10.1 Å². The van der Waals surface area contributed by atoms with Crippen molar-refractivity contribution in [3.8, 4) is 0 Å². The summed E-state index contributed by atoms with van der Waals surface area (Å²) >= 11 is 0. The van der Waals surface area contributed by atoms with E-state index in [4.69, 9.17) is 4.74 Å². The van der Waals surface area contributed by atoms with Crippen LogP contribution in [-0.4, -0.2) is 18.6 Å². The molecular weight excluding hydrogens is 232 g/mol. The second kappa shape index (κ2) is 6.96. The highest BCUT2D eigenvalue weighted by Crippen LogP contribution is 2.22. The molecule has 0 atom stereocenters. The summed E-state index contributed by atoms with van der Waals surface area (Å²) in [6.07, 6.45) is 0.990. The zero-order valence-electron chi connectivity index (χ0n) is 11.1. The Morgan fingerprint density at radius 3 is 2.72 bits per heavy atom. The molecule has 0 saturated carbocycles. The highest BCUT2D eigenvalue weighted by Gasteiger charge is 2.10. The van der Waals surface area contributed by atoms with E-state index in [1.807, 2.05) is 0 Å². The van der Waals surface area contributed by atoms with E-state index in [1.165, 1.54) is 6.07 Å². The number of nitrogens with zero attached hydrogens (tertiary/aromatic N) is 1. The SMILES string of the molecule is CNc1ccc([N+](=O)[O-])cc1COCCC(C)C. The Morgan fingerprint density at radius 1 is 1.44 bits per heavy atom. The van der Waals surface area contributed by atoms with Crippen LogP contribution in [0.4, 0.5) is 11.4 Å². The molecule has 1 N–H and O–H groups in total. The van der Waals surface area contributed by atoms with Gasteiger partial charge in [0.05, 0.1) is 11.5 Å². The lowest BCUT2D eigenvalue weighted by atomic mass is 10.1. The van der Waals surface area contributed by atoms with Crippen LogP contribution in [0.3, 0.4) is 0 Å². The number of non-ortho nitro benzene ring substituents is 1. The molecule has 0 saturated heterocycles. The van der Waals surface area contributed by atoms with Gasteiger partial charge in [0.1, 0.15) is 0 Å². The smallest absolute Gasteiger partial charge is 0.269 e. The zero-order valence-corrected chi connectivity index (χ0v) is 11.1. The molecule has 100 valence electrons. The molecule has 0 aliphatic carbocycles. The molecule has 5 heteroatoms. The molecule has 0 spiro atoms. The van der Waals surface area contributed by atoms with Gasteiger partial charge in [-0.15, -0.1) is 0 Å². The average molecular weight is 252 g/mol. The van der Waals surface area contributed by atoms with Gasteiger partial charge in [0.25, 0.3) is 5.69 Å². The van der Waals surface area contributed by atoms with Crippen LogP contribution in [0.5, 0.6) is 0 Å². The molecule has 0 aliphatic heterocycles. The van der Waals surface area contributed by atoms with Crippen molar-refractivity contribution < 1.29 is 9.66 Å². The largest absolute Gasteiger partial charge is 0.388 e. The highest BCUT2D eigenvalue weighted by molar-refractivity contribution is 5.55. The quantitative estimate of drug-likeness (QED) is 0.460. The molecule has 1 aromatic carbocycles. The molecule has 0 aliphatic rings. The molecule has 5 nitrogen and oxygen atoms in total. The minimum absolute atomic E-state index is 0.0939. The van der Waals surface area contributed by atoms with Gasteiger partial charge in [0.2, 0.25) is 0 Å². The molecule has 0 amide bonds. The monoisotopic (exact) mass is 252 g/mol. The molecule has 1 rings (SSSR count). The van der Waals surface area contributed by atoms with E-state index >= 15 is 0 Å². The molecule has 0 bridgehead atoms. The number of nitro benzene ring substituents is 1. The van der Waals surface area contributed by atoms with Crippen molar-refractivity contribution in [2.24, 2.45) is 5.92 Å². The summed E-state index contributed by atoms with van der Waals surface area (Å²) in [6.45, 7) is 5.33. The van der Waals surface area contributed by atoms with Gasteiger partial charge in [-0.3, -0.25) is 10.1 Å². The van der Waals surface area contributed by atoms with Crippen molar-refractivity contribution in [1.29, 1.82) is 0 Å². The van der Waals surface area contributed by atoms with E-state index < -0.39 is 4.92 Å². The summed E-state index contributed by atoms with van der Waals surface area (Å²) in [5.41, 5.74) is 1.78. The second-order valence-electron chi connectivity index (χ2n) is 4.58. The summed E-state index contributed by atoms with van der Waals surface area (Å²) in [6, 6.07) is 4.75. The molecule has 18 heavy (non-hydrogen) atoms. The fourth-order valence-electron chi connectivity index (χ4n) is 1.56. The van der Waals surface area contributed by atoms with E-state index in [1.54, 1.807) is 19.2 Å². The molecule has 1 aromatic rings. The van der Waals surface area contributed by atoms with Crippen molar-refractivity contribution in [2.75, 3.05) is 19.0 Å². The van der Waals surface area contributed by atoms with Gasteiger partial charge < -0.3 is 10.1 Å². The molecular formula is C13H20N2O3. The van der Waals surface area contributed by atoms with Gasteiger partial charge in [-0.05, 0) is 18.4 Å². The summed E-state index contributed by atoms with van der Waals surface area (Å²) in [5, 5.41) is 13.7. The van der Waals surface area contributed by atoms with Crippen LogP contribution in [0.1, 0.15) is 25.8 Å². The van der Waals surface area contributed by atoms with E-state index in [-0.39, 0.29) is 5.69 Å². The minimum atomic E-state index is -0.392. The maximum absolute atomic E-state index is 10.7. The lowest BCUT2D eigenvalue weighted by Crippen LogP contribution is -2.03. The van der Waals surface area contributed by atoms with Crippen LogP contribution < -0.4 is 5.32 Å². The van der Waals surface area contributed by atoms with E-state index in [2.05, 4.69) is 19.2 Å². The van der Waals surface area contributed by atoms with Crippen molar-refractivity contribution in [3.05, 3.63) is 33.9 Å². The van der Waals surface area contributed by atoms with Gasteiger partial charge >= 0.3 is 0 Å². The maximum Gasteiger partial charge on any atom is 0.269 e. The van der Waals surface area contributed by atoms with Crippen LogP contribution in [-0.2, 0) is 11.3 Å². The lowest BCUT2D eigenvalue weighted by molar-refractivity contribution is -0.384. The number of hydrogen-bond acceptors (Lipinski definition) is 4. The summed E-state index contributed by atoms with van der Waals surface area (Å²) < 4.78 is 5.55. The first kappa shape index (κ1) is 14.4. The van der Waals surface area contributed by atoms with E-state index in [0.29, 0.717) is 19.1 Å². The van der Waals surface area contributed by atoms with Gasteiger partial charge in [-0.1, -0.05) is 13.8 Å². The number of ether oxygens (including phenoxy) is 1. The molecule has 0 unspecified atom stereocenters. The Labute approximate surface area is 107 Å². The van der Waals surface area contributed by atoms with Crippen LogP contribution in [0.15, 0.2) is 18.2 Å². The van der Waals surface area contributed by atoms with Crippen molar-refractivity contribution in [3.63, 3.8) is 0 Å². The van der Waals surface area contributed by atoms with E-state index in [0.717, 1.165) is 17.7 Å². The highest BCUT2D eigenvalue weighted by atomic mass is 16.6. The topological polar surface area (TPSA) is 64.4 Å². The number of nitro groups is 1. The van der Waals surface area contributed by atoms with Crippen molar-refractivity contribution in [1.82, 2.24) is 0 Å². The van der Waals surface area contributed by atoms with Crippen molar-refractivity contribution >= 4 is 11.4 Å². The van der Waals surface area contributed by atoms with Crippen LogP contribution in [0, 0.1) is 16.0 Å². The Kier molecular flexibility index (Phi) is 5.58. The summed E-state index contributed by atoms with van der Waals surface area (Å²) in [7, 11) is 1.79. The fraction of sp³-hybridized carbons (Fsp3) is 0.538. The number of rotatable bonds is 7. The number of hydrogen-bond donors (Lipinski definition) is 1. The number of benzene rings is 1. The predicted molar refractivity (Wildman–Crippen MR) is 71.8 cm³/mol. The average Bonchev–Trinajstić information content (AvgIpc) is 2.34. The normalized spacial score (nSPS) is 10.7. The maximum atomic E-state index is 10.7. The Balaban J connectivity index is 2.66. The van der Waals surface area contributed by atoms with Gasteiger partial charge in [0.15, 0.2) is 0 Å². The number of nitrogens with one attached hydrogen (secondary N) is 1. The van der Waals surface area contributed by atoms with Crippen LogP contribution >= 0.6 is 0 Å².